The van der Waals surface area contributed by atoms with Gasteiger partial charge in [-0.3, -0.25) is 4.79 Å². The third kappa shape index (κ3) is 3.16. The van der Waals surface area contributed by atoms with E-state index in [0.717, 1.165) is 36.9 Å². The number of rotatable bonds is 2. The first-order chi connectivity index (χ1) is 8.99. The van der Waals surface area contributed by atoms with Crippen molar-refractivity contribution >= 4 is 11.6 Å². The van der Waals surface area contributed by atoms with E-state index >= 15 is 0 Å². The minimum Gasteiger partial charge on any atom is -0.393 e. The molecule has 1 aliphatic rings. The molecule has 0 spiro atoms. The number of hydrogen-bond donors (Lipinski definition) is 2. The molecule has 0 atom stereocenters. The van der Waals surface area contributed by atoms with Gasteiger partial charge >= 0.3 is 0 Å². The highest BCUT2D eigenvalue weighted by Gasteiger charge is 2.25. The summed E-state index contributed by atoms with van der Waals surface area (Å²) in [6, 6.07) is 4.02. The molecule has 1 aliphatic carbocycles. The van der Waals surface area contributed by atoms with Crippen LogP contribution in [0.3, 0.4) is 0 Å². The Labute approximate surface area is 115 Å². The Morgan fingerprint density at radius 1 is 1.11 bits per heavy atom. The Balaban J connectivity index is 2.05. The van der Waals surface area contributed by atoms with Gasteiger partial charge in [-0.1, -0.05) is 6.07 Å². The quantitative estimate of drug-likeness (QED) is 0.859. The molecular formula is C16H23NO2. The van der Waals surface area contributed by atoms with Gasteiger partial charge in [-0.15, -0.1) is 0 Å². The van der Waals surface area contributed by atoms with Gasteiger partial charge in [0.2, 0.25) is 5.91 Å². The molecule has 3 nitrogen and oxygen atoms in total. The molecule has 1 aromatic carbocycles. The van der Waals surface area contributed by atoms with Gasteiger partial charge in [0.1, 0.15) is 0 Å². The third-order valence-electron chi connectivity index (χ3n) is 4.38. The van der Waals surface area contributed by atoms with Crippen LogP contribution in [0.5, 0.6) is 0 Å². The molecule has 0 radical (unpaired) electrons. The molecular weight excluding hydrogens is 238 g/mol. The van der Waals surface area contributed by atoms with Crippen LogP contribution in [0.1, 0.15) is 42.4 Å². The van der Waals surface area contributed by atoms with Crippen molar-refractivity contribution in [2.24, 2.45) is 5.92 Å². The molecule has 1 fully saturated rings. The molecule has 1 aromatic rings. The third-order valence-corrected chi connectivity index (χ3v) is 4.38. The highest BCUT2D eigenvalue weighted by Crippen LogP contribution is 2.27. The number of aliphatic hydroxyl groups excluding tert-OH is 1. The van der Waals surface area contributed by atoms with Gasteiger partial charge in [-0.05, 0) is 69.2 Å². The van der Waals surface area contributed by atoms with Crippen LogP contribution < -0.4 is 5.32 Å². The molecule has 19 heavy (non-hydrogen) atoms. The van der Waals surface area contributed by atoms with Gasteiger partial charge < -0.3 is 10.4 Å². The van der Waals surface area contributed by atoms with Gasteiger partial charge in [0.15, 0.2) is 0 Å². The molecule has 2 rings (SSSR count). The predicted molar refractivity (Wildman–Crippen MR) is 77.2 cm³/mol. The van der Waals surface area contributed by atoms with E-state index in [4.69, 9.17) is 0 Å². The van der Waals surface area contributed by atoms with Gasteiger partial charge in [0.05, 0.1) is 6.10 Å². The van der Waals surface area contributed by atoms with E-state index in [1.54, 1.807) is 0 Å². The molecule has 104 valence electrons. The fraction of sp³-hybridized carbons (Fsp3) is 0.562. The summed E-state index contributed by atoms with van der Waals surface area (Å²) in [5, 5.41) is 12.5. The minimum atomic E-state index is -0.215. The van der Waals surface area contributed by atoms with Crippen molar-refractivity contribution in [3.8, 4) is 0 Å². The monoisotopic (exact) mass is 261 g/mol. The first-order valence-electron chi connectivity index (χ1n) is 7.04. The van der Waals surface area contributed by atoms with Gasteiger partial charge in [0.25, 0.3) is 0 Å². The molecule has 0 aromatic heterocycles. The fourth-order valence-corrected chi connectivity index (χ4v) is 2.66. The summed E-state index contributed by atoms with van der Waals surface area (Å²) >= 11 is 0. The topological polar surface area (TPSA) is 49.3 Å². The minimum absolute atomic E-state index is 0.0457. The summed E-state index contributed by atoms with van der Waals surface area (Å²) in [4.78, 5) is 12.2. The van der Waals surface area contributed by atoms with Crippen LogP contribution in [0.15, 0.2) is 12.1 Å². The number of amides is 1. The van der Waals surface area contributed by atoms with Gasteiger partial charge in [-0.25, -0.2) is 0 Å². The van der Waals surface area contributed by atoms with Crippen molar-refractivity contribution in [3.63, 3.8) is 0 Å². The number of nitrogens with one attached hydrogen (secondary N) is 1. The summed E-state index contributed by atoms with van der Waals surface area (Å²) in [5.74, 6) is 0.141. The fourth-order valence-electron chi connectivity index (χ4n) is 2.66. The van der Waals surface area contributed by atoms with Crippen molar-refractivity contribution in [2.45, 2.75) is 52.6 Å². The molecule has 1 saturated carbocycles. The molecule has 1 amide bonds. The van der Waals surface area contributed by atoms with Gasteiger partial charge in [0, 0.05) is 11.6 Å². The maximum atomic E-state index is 12.2. The van der Waals surface area contributed by atoms with Crippen LogP contribution >= 0.6 is 0 Å². The lowest BCUT2D eigenvalue weighted by Gasteiger charge is -2.25. The second-order valence-corrected chi connectivity index (χ2v) is 5.67. The second kappa shape index (κ2) is 5.74. The number of carbonyl (C=O) groups is 1. The Hall–Kier alpha value is -1.35. The average molecular weight is 261 g/mol. The highest BCUT2D eigenvalue weighted by atomic mass is 16.3. The summed E-state index contributed by atoms with van der Waals surface area (Å²) in [6.07, 6.45) is 2.84. The van der Waals surface area contributed by atoms with Crippen molar-refractivity contribution in [1.82, 2.24) is 0 Å². The highest BCUT2D eigenvalue weighted by molar-refractivity contribution is 5.93. The Morgan fingerprint density at radius 3 is 2.37 bits per heavy atom. The van der Waals surface area contributed by atoms with E-state index in [0.29, 0.717) is 0 Å². The number of aliphatic hydroxyl groups is 1. The van der Waals surface area contributed by atoms with Crippen molar-refractivity contribution < 1.29 is 9.90 Å². The second-order valence-electron chi connectivity index (χ2n) is 5.67. The lowest BCUT2D eigenvalue weighted by atomic mass is 9.87. The molecule has 0 bridgehead atoms. The first-order valence-corrected chi connectivity index (χ1v) is 7.04. The van der Waals surface area contributed by atoms with Crippen molar-refractivity contribution in [2.75, 3.05) is 5.32 Å². The molecule has 0 unspecified atom stereocenters. The van der Waals surface area contributed by atoms with Gasteiger partial charge in [-0.2, -0.15) is 0 Å². The van der Waals surface area contributed by atoms with Crippen LogP contribution in [0.4, 0.5) is 5.69 Å². The maximum absolute atomic E-state index is 12.2. The molecule has 0 saturated heterocycles. The molecule has 0 heterocycles. The molecule has 0 aliphatic heterocycles. The summed E-state index contributed by atoms with van der Waals surface area (Å²) < 4.78 is 0. The lowest BCUT2D eigenvalue weighted by Crippen LogP contribution is -2.29. The smallest absolute Gasteiger partial charge is 0.227 e. The van der Waals surface area contributed by atoms with E-state index in [1.165, 1.54) is 11.1 Å². The Morgan fingerprint density at radius 2 is 1.74 bits per heavy atom. The predicted octanol–water partition coefficient (Wildman–Crippen LogP) is 3.10. The number of carbonyl (C=O) groups excluding carboxylic acids is 1. The zero-order chi connectivity index (χ0) is 14.0. The van der Waals surface area contributed by atoms with E-state index in [1.807, 2.05) is 19.1 Å². The SMILES string of the molecule is Cc1ccc(NC(=O)C2CCC(O)CC2)c(C)c1C. The van der Waals surface area contributed by atoms with Crippen molar-refractivity contribution in [1.29, 1.82) is 0 Å². The standard InChI is InChI=1S/C16H23NO2/c1-10-4-9-15(12(3)11(10)2)17-16(19)13-5-7-14(18)8-6-13/h4,9,13-14,18H,5-8H2,1-3H3,(H,17,19). The Bertz CT molecular complexity index is 474. The van der Waals surface area contributed by atoms with Crippen LogP contribution in [0.2, 0.25) is 0 Å². The normalized spacial score (nSPS) is 23.2. The van der Waals surface area contributed by atoms with E-state index < -0.39 is 0 Å². The molecule has 2 N–H and O–H groups in total. The van der Waals surface area contributed by atoms with E-state index in [-0.39, 0.29) is 17.9 Å². The Kier molecular flexibility index (Phi) is 4.25. The van der Waals surface area contributed by atoms with Crippen LogP contribution in [0.25, 0.3) is 0 Å². The maximum Gasteiger partial charge on any atom is 0.227 e. The van der Waals surface area contributed by atoms with E-state index in [9.17, 15) is 9.90 Å². The van der Waals surface area contributed by atoms with Crippen LogP contribution in [-0.2, 0) is 4.79 Å². The lowest BCUT2D eigenvalue weighted by molar-refractivity contribution is -0.121. The average Bonchev–Trinajstić information content (AvgIpc) is 2.40. The van der Waals surface area contributed by atoms with Crippen molar-refractivity contribution in [3.05, 3.63) is 28.8 Å². The zero-order valence-corrected chi connectivity index (χ0v) is 12.0. The molecule has 3 heteroatoms. The summed E-state index contributed by atoms with van der Waals surface area (Å²) in [6.45, 7) is 6.20. The largest absolute Gasteiger partial charge is 0.393 e. The van der Waals surface area contributed by atoms with Crippen LogP contribution in [-0.4, -0.2) is 17.1 Å². The summed E-state index contributed by atoms with van der Waals surface area (Å²) in [5.41, 5.74) is 4.54. The first kappa shape index (κ1) is 14.1. The number of benzene rings is 1. The summed E-state index contributed by atoms with van der Waals surface area (Å²) in [7, 11) is 0. The number of anilines is 1. The number of hydrogen-bond acceptors (Lipinski definition) is 2. The van der Waals surface area contributed by atoms with Crippen LogP contribution in [0, 0.1) is 26.7 Å². The number of aryl methyl sites for hydroxylation is 1. The van der Waals surface area contributed by atoms with E-state index in [2.05, 4.69) is 19.2 Å². The zero-order valence-electron chi connectivity index (χ0n) is 12.0.